The highest BCUT2D eigenvalue weighted by Gasteiger charge is 2.00. The van der Waals surface area contributed by atoms with Gasteiger partial charge >= 0.3 is 0 Å². The fourth-order valence-corrected chi connectivity index (χ4v) is 2.44. The van der Waals surface area contributed by atoms with Crippen LogP contribution >= 0.6 is 43.5 Å². The van der Waals surface area contributed by atoms with Gasteiger partial charge in [-0.1, -0.05) is 55.6 Å². The molecular formula is C13H10Br2ClN. The van der Waals surface area contributed by atoms with Crippen LogP contribution in [0, 0.1) is 0 Å². The van der Waals surface area contributed by atoms with Gasteiger partial charge in [0.25, 0.3) is 0 Å². The summed E-state index contributed by atoms with van der Waals surface area (Å²) in [5.41, 5.74) is 2.16. The van der Waals surface area contributed by atoms with Crippen molar-refractivity contribution in [3.63, 3.8) is 0 Å². The maximum absolute atomic E-state index is 6.12. The van der Waals surface area contributed by atoms with Crippen molar-refractivity contribution in [3.8, 4) is 0 Å². The maximum atomic E-state index is 6.12. The Balaban J connectivity index is 2.04. The lowest BCUT2D eigenvalue weighted by Gasteiger charge is -2.08. The van der Waals surface area contributed by atoms with Crippen LogP contribution in [-0.4, -0.2) is 0 Å². The van der Waals surface area contributed by atoms with Gasteiger partial charge in [0.05, 0.1) is 10.7 Å². The lowest BCUT2D eigenvalue weighted by Crippen LogP contribution is -1.99. The van der Waals surface area contributed by atoms with E-state index in [2.05, 4.69) is 49.3 Å². The van der Waals surface area contributed by atoms with Gasteiger partial charge in [0.2, 0.25) is 0 Å². The van der Waals surface area contributed by atoms with Crippen LogP contribution in [-0.2, 0) is 6.54 Å². The van der Waals surface area contributed by atoms with Crippen molar-refractivity contribution in [1.29, 1.82) is 0 Å². The van der Waals surface area contributed by atoms with E-state index in [0.717, 1.165) is 26.2 Å². The number of nitrogens with one attached hydrogen (secondary N) is 1. The Morgan fingerprint density at radius 1 is 0.941 bits per heavy atom. The van der Waals surface area contributed by atoms with Gasteiger partial charge in [-0.3, -0.25) is 0 Å². The van der Waals surface area contributed by atoms with Crippen LogP contribution in [0.25, 0.3) is 0 Å². The molecule has 88 valence electrons. The largest absolute Gasteiger partial charge is 0.380 e. The maximum Gasteiger partial charge on any atom is 0.0648 e. The first-order chi connectivity index (χ1) is 8.15. The van der Waals surface area contributed by atoms with Crippen LogP contribution in [0.3, 0.4) is 0 Å². The molecule has 0 atom stereocenters. The second-order valence-electron chi connectivity index (χ2n) is 3.60. The Bertz CT molecular complexity index is 511. The van der Waals surface area contributed by atoms with Crippen molar-refractivity contribution in [2.45, 2.75) is 6.54 Å². The van der Waals surface area contributed by atoms with E-state index in [1.165, 1.54) is 5.56 Å². The van der Waals surface area contributed by atoms with Gasteiger partial charge in [0.15, 0.2) is 0 Å². The van der Waals surface area contributed by atoms with E-state index in [1.54, 1.807) is 0 Å². The molecule has 0 aliphatic carbocycles. The van der Waals surface area contributed by atoms with E-state index in [4.69, 9.17) is 11.6 Å². The molecule has 0 radical (unpaired) electrons. The Kier molecular flexibility index (Phi) is 4.48. The van der Waals surface area contributed by atoms with Crippen LogP contribution in [0.2, 0.25) is 5.02 Å². The fourth-order valence-electron chi connectivity index (χ4n) is 1.43. The molecule has 0 aliphatic heterocycles. The molecule has 0 heterocycles. The molecule has 0 saturated carbocycles. The minimum Gasteiger partial charge on any atom is -0.380 e. The molecule has 0 bridgehead atoms. The molecule has 0 fully saturated rings. The summed E-state index contributed by atoms with van der Waals surface area (Å²) in [6.07, 6.45) is 0. The molecular weight excluding hydrogens is 365 g/mol. The predicted octanol–water partition coefficient (Wildman–Crippen LogP) is 5.48. The van der Waals surface area contributed by atoms with Crippen molar-refractivity contribution < 1.29 is 0 Å². The number of hydrogen-bond acceptors (Lipinski definition) is 1. The normalized spacial score (nSPS) is 10.3. The Morgan fingerprint density at radius 2 is 1.59 bits per heavy atom. The van der Waals surface area contributed by atoms with Gasteiger partial charge in [0.1, 0.15) is 0 Å². The first-order valence-corrected chi connectivity index (χ1v) is 7.05. The summed E-state index contributed by atoms with van der Waals surface area (Å²) in [4.78, 5) is 0. The summed E-state index contributed by atoms with van der Waals surface area (Å²) >= 11 is 12.9. The highest BCUT2D eigenvalue weighted by molar-refractivity contribution is 9.10. The van der Waals surface area contributed by atoms with Gasteiger partial charge in [0, 0.05) is 15.5 Å². The van der Waals surface area contributed by atoms with Crippen molar-refractivity contribution in [1.82, 2.24) is 0 Å². The SMILES string of the molecule is Clc1cc(Br)ccc1NCc1ccc(Br)cc1. The minimum atomic E-state index is 0.719. The van der Waals surface area contributed by atoms with Crippen molar-refractivity contribution in [3.05, 3.63) is 62.0 Å². The molecule has 1 nitrogen and oxygen atoms in total. The Morgan fingerprint density at radius 3 is 2.24 bits per heavy atom. The number of halogens is 3. The van der Waals surface area contributed by atoms with E-state index in [9.17, 15) is 0 Å². The number of hydrogen-bond donors (Lipinski definition) is 1. The predicted molar refractivity (Wildman–Crippen MR) is 80.6 cm³/mol. The minimum absolute atomic E-state index is 0.719. The first-order valence-electron chi connectivity index (χ1n) is 5.08. The fraction of sp³-hybridized carbons (Fsp3) is 0.0769. The molecule has 0 amide bonds. The second kappa shape index (κ2) is 5.89. The molecule has 17 heavy (non-hydrogen) atoms. The summed E-state index contributed by atoms with van der Waals surface area (Å²) in [6.45, 7) is 0.759. The highest BCUT2D eigenvalue weighted by Crippen LogP contribution is 2.26. The lowest BCUT2D eigenvalue weighted by molar-refractivity contribution is 1.15. The lowest BCUT2D eigenvalue weighted by atomic mass is 10.2. The van der Waals surface area contributed by atoms with Crippen molar-refractivity contribution >= 4 is 49.1 Å². The quantitative estimate of drug-likeness (QED) is 0.749. The first kappa shape index (κ1) is 12.9. The third-order valence-electron chi connectivity index (χ3n) is 2.33. The molecule has 0 aliphatic rings. The smallest absolute Gasteiger partial charge is 0.0648 e. The molecule has 0 saturated heterocycles. The average molecular weight is 375 g/mol. The van der Waals surface area contributed by atoms with Crippen LogP contribution < -0.4 is 5.32 Å². The standard InChI is InChI=1S/C13H10Br2ClN/c14-10-3-1-9(2-4-10)8-17-13-6-5-11(15)7-12(13)16/h1-7,17H,8H2. The molecule has 2 aromatic rings. The molecule has 1 N–H and O–H groups in total. The van der Waals surface area contributed by atoms with E-state index in [-0.39, 0.29) is 0 Å². The van der Waals surface area contributed by atoms with Gasteiger partial charge in [-0.2, -0.15) is 0 Å². The van der Waals surface area contributed by atoms with E-state index < -0.39 is 0 Å². The van der Waals surface area contributed by atoms with Crippen molar-refractivity contribution in [2.75, 3.05) is 5.32 Å². The van der Waals surface area contributed by atoms with Crippen LogP contribution in [0.4, 0.5) is 5.69 Å². The average Bonchev–Trinajstić information content (AvgIpc) is 2.30. The zero-order chi connectivity index (χ0) is 12.3. The zero-order valence-electron chi connectivity index (χ0n) is 8.88. The summed E-state index contributed by atoms with van der Waals surface area (Å²) in [6, 6.07) is 14.0. The van der Waals surface area contributed by atoms with Crippen molar-refractivity contribution in [2.24, 2.45) is 0 Å². The second-order valence-corrected chi connectivity index (χ2v) is 5.84. The Hall–Kier alpha value is -0.510. The number of anilines is 1. The third-order valence-corrected chi connectivity index (χ3v) is 3.66. The third kappa shape index (κ3) is 3.73. The molecule has 0 aromatic heterocycles. The summed E-state index contributed by atoms with van der Waals surface area (Å²) in [5, 5.41) is 4.03. The highest BCUT2D eigenvalue weighted by atomic mass is 79.9. The van der Waals surface area contributed by atoms with Gasteiger partial charge in [-0.25, -0.2) is 0 Å². The van der Waals surface area contributed by atoms with E-state index in [1.807, 2.05) is 30.3 Å². The molecule has 0 spiro atoms. The summed E-state index contributed by atoms with van der Waals surface area (Å²) in [7, 11) is 0. The van der Waals surface area contributed by atoms with Gasteiger partial charge in [-0.05, 0) is 35.9 Å². The monoisotopic (exact) mass is 373 g/mol. The summed E-state index contributed by atoms with van der Waals surface area (Å²) < 4.78 is 2.07. The summed E-state index contributed by atoms with van der Waals surface area (Å²) in [5.74, 6) is 0. The van der Waals surface area contributed by atoms with Gasteiger partial charge in [-0.15, -0.1) is 0 Å². The molecule has 4 heteroatoms. The Labute approximate surface area is 122 Å². The van der Waals surface area contributed by atoms with Crippen LogP contribution in [0.15, 0.2) is 51.4 Å². The van der Waals surface area contributed by atoms with Crippen LogP contribution in [0.5, 0.6) is 0 Å². The molecule has 2 aromatic carbocycles. The van der Waals surface area contributed by atoms with E-state index >= 15 is 0 Å². The molecule has 0 unspecified atom stereocenters. The number of benzene rings is 2. The number of rotatable bonds is 3. The van der Waals surface area contributed by atoms with Crippen LogP contribution in [0.1, 0.15) is 5.56 Å². The zero-order valence-corrected chi connectivity index (χ0v) is 12.8. The van der Waals surface area contributed by atoms with Gasteiger partial charge < -0.3 is 5.32 Å². The molecule has 2 rings (SSSR count). The van der Waals surface area contributed by atoms with E-state index in [0.29, 0.717) is 0 Å². The topological polar surface area (TPSA) is 12.0 Å².